The van der Waals surface area contributed by atoms with E-state index < -0.39 is 17.4 Å². The fraction of sp³-hybridized carbons (Fsp3) is 0.476. The van der Waals surface area contributed by atoms with E-state index in [1.807, 2.05) is 0 Å². The van der Waals surface area contributed by atoms with Crippen LogP contribution >= 0.6 is 11.6 Å². The summed E-state index contributed by atoms with van der Waals surface area (Å²) >= 11 is 6.12. The molecule has 0 radical (unpaired) electrons. The van der Waals surface area contributed by atoms with Crippen molar-refractivity contribution in [2.45, 2.75) is 19.6 Å². The number of rotatable bonds is 7. The van der Waals surface area contributed by atoms with Crippen molar-refractivity contribution in [3.63, 3.8) is 0 Å². The van der Waals surface area contributed by atoms with E-state index >= 15 is 0 Å². The second kappa shape index (κ2) is 9.35. The Morgan fingerprint density at radius 3 is 2.62 bits per heavy atom. The number of likely N-dealkylation sites (N-methyl/N-ethyl adjacent to an activating group) is 1. The molecule has 0 bridgehead atoms. The Kier molecular flexibility index (Phi) is 6.54. The molecule has 10 nitrogen and oxygen atoms in total. The summed E-state index contributed by atoms with van der Waals surface area (Å²) in [4.78, 5) is 36.2. The van der Waals surface area contributed by atoms with Crippen molar-refractivity contribution in [1.82, 2.24) is 24.0 Å². The van der Waals surface area contributed by atoms with Gasteiger partial charge in [-0.15, -0.1) is 0 Å². The number of hydrogen-bond donors (Lipinski definition) is 2. The summed E-state index contributed by atoms with van der Waals surface area (Å²) in [6, 6.07) is 7.02. The fourth-order valence-electron chi connectivity index (χ4n) is 3.91. The molecule has 0 amide bonds. The van der Waals surface area contributed by atoms with E-state index in [0.717, 1.165) is 32.7 Å². The van der Waals surface area contributed by atoms with Crippen LogP contribution in [0.5, 0.6) is 5.75 Å². The fourth-order valence-corrected chi connectivity index (χ4v) is 4.10. The van der Waals surface area contributed by atoms with Crippen LogP contribution in [0.2, 0.25) is 5.02 Å². The summed E-state index contributed by atoms with van der Waals surface area (Å²) in [5.74, 6) is 1.03. The van der Waals surface area contributed by atoms with E-state index in [2.05, 4.69) is 26.7 Å². The Balaban J connectivity index is 1.65. The molecule has 4 rings (SSSR count). The van der Waals surface area contributed by atoms with E-state index in [-0.39, 0.29) is 24.3 Å². The lowest BCUT2D eigenvalue weighted by molar-refractivity contribution is 0.0936. The number of aromatic nitrogens is 4. The van der Waals surface area contributed by atoms with Crippen molar-refractivity contribution < 1.29 is 9.84 Å². The molecule has 2 aromatic heterocycles. The SMILES string of the molecule is CCN1CCN(c2nc3c(c(=O)[nH]c(=O)n3C)n2C[C@H](O)COc2ccccc2Cl)CC1. The predicted molar refractivity (Wildman–Crippen MR) is 123 cm³/mol. The van der Waals surface area contributed by atoms with Crippen LogP contribution in [-0.2, 0) is 13.6 Å². The summed E-state index contributed by atoms with van der Waals surface area (Å²) in [7, 11) is 1.56. The minimum Gasteiger partial charge on any atom is -0.489 e. The van der Waals surface area contributed by atoms with E-state index in [9.17, 15) is 14.7 Å². The first-order valence-corrected chi connectivity index (χ1v) is 11.0. The third-order valence-electron chi connectivity index (χ3n) is 5.75. The van der Waals surface area contributed by atoms with Crippen LogP contribution in [0.4, 0.5) is 5.95 Å². The Labute approximate surface area is 189 Å². The summed E-state index contributed by atoms with van der Waals surface area (Å²) in [6.45, 7) is 6.35. The Morgan fingerprint density at radius 1 is 1.22 bits per heavy atom. The summed E-state index contributed by atoms with van der Waals surface area (Å²) in [5, 5.41) is 11.2. The van der Waals surface area contributed by atoms with Crippen molar-refractivity contribution in [3.05, 3.63) is 50.1 Å². The van der Waals surface area contributed by atoms with Gasteiger partial charge in [0.15, 0.2) is 11.2 Å². The first-order chi connectivity index (χ1) is 15.4. The molecular weight excluding hydrogens is 436 g/mol. The minimum absolute atomic E-state index is 0.0177. The number of aromatic amines is 1. The normalized spacial score (nSPS) is 15.9. The molecule has 1 atom stereocenters. The number of aliphatic hydroxyl groups is 1. The average Bonchev–Trinajstić information content (AvgIpc) is 3.17. The predicted octanol–water partition coefficient (Wildman–Crippen LogP) is 0.659. The zero-order chi connectivity index (χ0) is 22.8. The molecule has 0 unspecified atom stereocenters. The third-order valence-corrected chi connectivity index (χ3v) is 6.06. The topological polar surface area (TPSA) is 109 Å². The zero-order valence-corrected chi connectivity index (χ0v) is 18.9. The molecule has 32 heavy (non-hydrogen) atoms. The van der Waals surface area contributed by atoms with Gasteiger partial charge >= 0.3 is 5.69 Å². The lowest BCUT2D eigenvalue weighted by atomic mass is 10.3. The van der Waals surface area contributed by atoms with Gasteiger partial charge in [-0.2, -0.15) is 4.98 Å². The number of anilines is 1. The standard InChI is InChI=1S/C21H27ClN6O4/c1-3-26-8-10-27(11-9-26)20-23-18-17(19(30)24-21(31)25(18)2)28(20)12-14(29)13-32-16-7-5-4-6-15(16)22/h4-7,14,29H,3,8-13H2,1-2H3,(H,24,30,31)/t14-/m0/s1. The molecule has 1 aromatic carbocycles. The van der Waals surface area contributed by atoms with Crippen LogP contribution < -0.4 is 20.9 Å². The second-order valence-corrected chi connectivity index (χ2v) is 8.24. The number of piperazine rings is 1. The molecule has 11 heteroatoms. The van der Waals surface area contributed by atoms with Gasteiger partial charge in [-0.05, 0) is 18.7 Å². The van der Waals surface area contributed by atoms with Gasteiger partial charge in [0, 0.05) is 33.2 Å². The number of aliphatic hydroxyl groups excluding tert-OH is 1. The number of H-pyrrole nitrogens is 1. The number of nitrogens with zero attached hydrogens (tertiary/aromatic N) is 5. The molecule has 1 aliphatic rings. The number of para-hydroxylation sites is 1. The van der Waals surface area contributed by atoms with Gasteiger partial charge < -0.3 is 24.2 Å². The quantitative estimate of drug-likeness (QED) is 0.531. The number of imidazole rings is 1. The molecule has 0 aliphatic carbocycles. The molecular formula is C21H27ClN6O4. The minimum atomic E-state index is -0.934. The molecule has 1 fully saturated rings. The lowest BCUT2D eigenvalue weighted by Gasteiger charge is -2.35. The molecule has 3 heterocycles. The van der Waals surface area contributed by atoms with Crippen LogP contribution in [0.15, 0.2) is 33.9 Å². The number of fused-ring (bicyclic) bond motifs is 1. The molecule has 3 aromatic rings. The monoisotopic (exact) mass is 462 g/mol. The average molecular weight is 463 g/mol. The van der Waals surface area contributed by atoms with Crippen LogP contribution in [0.3, 0.4) is 0 Å². The van der Waals surface area contributed by atoms with Crippen molar-refractivity contribution >= 4 is 28.7 Å². The zero-order valence-electron chi connectivity index (χ0n) is 18.1. The first kappa shape index (κ1) is 22.4. The van der Waals surface area contributed by atoms with Gasteiger partial charge in [-0.1, -0.05) is 30.7 Å². The maximum atomic E-state index is 12.7. The van der Waals surface area contributed by atoms with Crippen LogP contribution in [0, 0.1) is 0 Å². The van der Waals surface area contributed by atoms with E-state index in [1.54, 1.807) is 35.9 Å². The van der Waals surface area contributed by atoms with E-state index in [4.69, 9.17) is 16.3 Å². The van der Waals surface area contributed by atoms with E-state index in [1.165, 1.54) is 4.57 Å². The van der Waals surface area contributed by atoms with Crippen LogP contribution in [0.25, 0.3) is 11.2 Å². The molecule has 172 valence electrons. The van der Waals surface area contributed by atoms with Gasteiger partial charge in [0.05, 0.1) is 11.6 Å². The van der Waals surface area contributed by atoms with Gasteiger partial charge in [0.2, 0.25) is 5.95 Å². The van der Waals surface area contributed by atoms with Gasteiger partial charge in [0.1, 0.15) is 18.5 Å². The lowest BCUT2D eigenvalue weighted by Crippen LogP contribution is -2.47. The van der Waals surface area contributed by atoms with Crippen molar-refractivity contribution in [3.8, 4) is 5.75 Å². The van der Waals surface area contributed by atoms with Crippen molar-refractivity contribution in [2.24, 2.45) is 7.05 Å². The molecule has 0 saturated carbocycles. The van der Waals surface area contributed by atoms with E-state index in [0.29, 0.717) is 16.7 Å². The number of benzene rings is 1. The number of halogens is 1. The Bertz CT molecular complexity index is 1210. The highest BCUT2D eigenvalue weighted by Crippen LogP contribution is 2.24. The van der Waals surface area contributed by atoms with Gasteiger partial charge in [-0.25, -0.2) is 4.79 Å². The second-order valence-electron chi connectivity index (χ2n) is 7.83. The smallest absolute Gasteiger partial charge is 0.329 e. The maximum Gasteiger partial charge on any atom is 0.329 e. The Hall–Kier alpha value is -2.82. The maximum absolute atomic E-state index is 12.7. The van der Waals surface area contributed by atoms with Crippen molar-refractivity contribution in [2.75, 3.05) is 44.2 Å². The summed E-state index contributed by atoms with van der Waals surface area (Å²) in [5.41, 5.74) is -0.534. The van der Waals surface area contributed by atoms with Crippen LogP contribution in [-0.4, -0.2) is 74.5 Å². The number of nitrogens with one attached hydrogen (secondary N) is 1. The van der Waals surface area contributed by atoms with Gasteiger partial charge in [-0.3, -0.25) is 14.3 Å². The van der Waals surface area contributed by atoms with Crippen LogP contribution in [0.1, 0.15) is 6.92 Å². The molecule has 2 N–H and O–H groups in total. The molecule has 1 saturated heterocycles. The first-order valence-electron chi connectivity index (χ1n) is 10.6. The highest BCUT2D eigenvalue weighted by Gasteiger charge is 2.25. The largest absolute Gasteiger partial charge is 0.489 e. The highest BCUT2D eigenvalue weighted by atomic mass is 35.5. The summed E-state index contributed by atoms with van der Waals surface area (Å²) < 4.78 is 8.66. The summed E-state index contributed by atoms with van der Waals surface area (Å²) in [6.07, 6.45) is -0.934. The van der Waals surface area contributed by atoms with Crippen molar-refractivity contribution in [1.29, 1.82) is 0 Å². The Morgan fingerprint density at radius 2 is 1.94 bits per heavy atom. The molecule has 1 aliphatic heterocycles. The molecule has 0 spiro atoms. The highest BCUT2D eigenvalue weighted by molar-refractivity contribution is 6.32. The third kappa shape index (κ3) is 4.38. The number of aryl methyl sites for hydroxylation is 1. The van der Waals surface area contributed by atoms with Gasteiger partial charge in [0.25, 0.3) is 5.56 Å². The number of ether oxygens (including phenoxy) is 1. The number of hydrogen-bond acceptors (Lipinski definition) is 7.